The van der Waals surface area contributed by atoms with Gasteiger partial charge in [0.05, 0.1) is 18.1 Å². The van der Waals surface area contributed by atoms with Crippen molar-refractivity contribution in [3.8, 4) is 0 Å². The average molecular weight is 424 g/mol. The number of hydroxylamine groups is 1. The first kappa shape index (κ1) is 21.4. The van der Waals surface area contributed by atoms with Crippen LogP contribution in [0.15, 0.2) is 48.8 Å². The van der Waals surface area contributed by atoms with Crippen LogP contribution in [0, 0.1) is 0 Å². The number of aromatic nitrogens is 2. The third-order valence-electron chi connectivity index (χ3n) is 5.38. The van der Waals surface area contributed by atoms with Crippen molar-refractivity contribution in [1.82, 2.24) is 20.3 Å². The lowest BCUT2D eigenvalue weighted by Gasteiger charge is -2.21. The molecule has 31 heavy (non-hydrogen) atoms. The molecule has 4 rings (SSSR count). The molecule has 2 saturated heterocycles. The van der Waals surface area contributed by atoms with Crippen LogP contribution in [-0.4, -0.2) is 52.8 Å². The molecule has 1 aromatic carbocycles. The Bertz CT molecular complexity index is 853. The zero-order valence-electron chi connectivity index (χ0n) is 17.6. The number of ether oxygens (including phenoxy) is 1. The highest BCUT2D eigenvalue weighted by molar-refractivity contribution is 5.90. The van der Waals surface area contributed by atoms with E-state index in [1.54, 1.807) is 18.5 Å². The molecule has 2 fully saturated rings. The maximum absolute atomic E-state index is 11.9. The van der Waals surface area contributed by atoms with Gasteiger partial charge < -0.3 is 10.1 Å². The van der Waals surface area contributed by atoms with E-state index >= 15 is 0 Å². The van der Waals surface area contributed by atoms with E-state index in [0.29, 0.717) is 18.3 Å². The topological polar surface area (TPSA) is 88.6 Å². The summed E-state index contributed by atoms with van der Waals surface area (Å²) in [5.41, 5.74) is 4.32. The van der Waals surface area contributed by atoms with Gasteiger partial charge in [0.25, 0.3) is 5.91 Å². The van der Waals surface area contributed by atoms with Crippen LogP contribution < -0.4 is 10.8 Å². The minimum atomic E-state index is -0.365. The van der Waals surface area contributed by atoms with Gasteiger partial charge in [-0.15, -0.1) is 0 Å². The monoisotopic (exact) mass is 423 g/mol. The Kier molecular flexibility index (Phi) is 7.60. The fourth-order valence-corrected chi connectivity index (χ4v) is 3.77. The Morgan fingerprint density at radius 1 is 1.19 bits per heavy atom. The number of amides is 1. The second-order valence-electron chi connectivity index (χ2n) is 7.89. The van der Waals surface area contributed by atoms with Gasteiger partial charge in [-0.25, -0.2) is 15.3 Å². The number of hydrogen-bond acceptors (Lipinski definition) is 7. The Morgan fingerprint density at radius 3 is 2.87 bits per heavy atom. The van der Waals surface area contributed by atoms with Gasteiger partial charge in [0, 0.05) is 44.8 Å². The highest BCUT2D eigenvalue weighted by Gasteiger charge is 2.22. The number of nitrogens with one attached hydrogen (secondary N) is 2. The predicted molar refractivity (Wildman–Crippen MR) is 118 cm³/mol. The van der Waals surface area contributed by atoms with Crippen molar-refractivity contribution in [2.24, 2.45) is 0 Å². The van der Waals surface area contributed by atoms with Crippen molar-refractivity contribution >= 4 is 17.8 Å². The molecule has 0 spiro atoms. The van der Waals surface area contributed by atoms with E-state index in [1.165, 1.54) is 11.6 Å². The molecule has 3 heterocycles. The van der Waals surface area contributed by atoms with Crippen molar-refractivity contribution in [3.63, 3.8) is 0 Å². The average Bonchev–Trinajstić information content (AvgIpc) is 3.25. The van der Waals surface area contributed by atoms with Crippen LogP contribution in [0.2, 0.25) is 0 Å². The zero-order valence-corrected chi connectivity index (χ0v) is 17.6. The van der Waals surface area contributed by atoms with Gasteiger partial charge in [-0.3, -0.25) is 14.7 Å². The molecule has 1 amide bonds. The van der Waals surface area contributed by atoms with Crippen LogP contribution in [0.25, 0.3) is 6.08 Å². The molecule has 8 nitrogen and oxygen atoms in total. The van der Waals surface area contributed by atoms with Gasteiger partial charge >= 0.3 is 0 Å². The van der Waals surface area contributed by atoms with E-state index in [0.717, 1.165) is 51.1 Å². The molecule has 164 valence electrons. The smallest absolute Gasteiger partial charge is 0.267 e. The molecule has 0 bridgehead atoms. The van der Waals surface area contributed by atoms with E-state index in [-0.39, 0.29) is 12.2 Å². The van der Waals surface area contributed by atoms with E-state index in [4.69, 9.17) is 9.57 Å². The largest absolute Gasteiger partial charge is 0.365 e. The molecule has 0 radical (unpaired) electrons. The second-order valence-corrected chi connectivity index (χ2v) is 7.89. The number of rotatable bonds is 8. The summed E-state index contributed by atoms with van der Waals surface area (Å²) in [6.07, 6.45) is 9.89. The van der Waals surface area contributed by atoms with Gasteiger partial charge in [-0.2, -0.15) is 0 Å². The molecular formula is C23H29N5O3. The predicted octanol–water partition coefficient (Wildman–Crippen LogP) is 2.75. The van der Waals surface area contributed by atoms with Crippen LogP contribution in [-0.2, 0) is 20.9 Å². The van der Waals surface area contributed by atoms with Crippen molar-refractivity contribution < 1.29 is 14.4 Å². The van der Waals surface area contributed by atoms with E-state index in [2.05, 4.69) is 49.9 Å². The van der Waals surface area contributed by atoms with Crippen LogP contribution in [0.4, 0.5) is 5.82 Å². The maximum atomic E-state index is 11.9. The number of anilines is 1. The summed E-state index contributed by atoms with van der Waals surface area (Å²) in [5, 5.41) is 3.45. The Labute approximate surface area is 182 Å². The number of benzene rings is 1. The molecule has 0 saturated carbocycles. The summed E-state index contributed by atoms with van der Waals surface area (Å²) < 4.78 is 5.40. The third-order valence-corrected chi connectivity index (χ3v) is 5.38. The van der Waals surface area contributed by atoms with Crippen LogP contribution in [0.3, 0.4) is 0 Å². The van der Waals surface area contributed by atoms with Crippen LogP contribution in [0.1, 0.15) is 36.9 Å². The Morgan fingerprint density at radius 2 is 2.10 bits per heavy atom. The highest BCUT2D eigenvalue weighted by Crippen LogP contribution is 2.17. The van der Waals surface area contributed by atoms with E-state index in [1.807, 2.05) is 6.07 Å². The summed E-state index contributed by atoms with van der Waals surface area (Å²) in [6.45, 7) is 3.67. The molecule has 1 aromatic heterocycles. The molecular weight excluding hydrogens is 394 g/mol. The van der Waals surface area contributed by atoms with Gasteiger partial charge in [0.1, 0.15) is 5.82 Å². The normalized spacial score (nSPS) is 21.9. The molecule has 2 aliphatic rings. The molecule has 0 aliphatic carbocycles. The van der Waals surface area contributed by atoms with Crippen molar-refractivity contribution in [2.75, 3.05) is 25.0 Å². The van der Waals surface area contributed by atoms with Crippen molar-refractivity contribution in [1.29, 1.82) is 0 Å². The Balaban J connectivity index is 1.19. The zero-order chi connectivity index (χ0) is 21.3. The highest BCUT2D eigenvalue weighted by atomic mass is 16.8. The number of nitrogens with zero attached hydrogens (tertiary/aromatic N) is 3. The first-order valence-corrected chi connectivity index (χ1v) is 10.8. The third kappa shape index (κ3) is 6.85. The molecule has 2 N–H and O–H groups in total. The number of carbonyl (C=O) groups excluding carboxylic acids is 1. The van der Waals surface area contributed by atoms with E-state index < -0.39 is 0 Å². The molecule has 8 heteroatoms. The SMILES string of the molecule is O=C(/C=C/c1cnc(N[C@@H]2CCN(Cc3ccccc3)C2)cn1)NOC1CCCCO1. The van der Waals surface area contributed by atoms with Crippen LogP contribution >= 0.6 is 0 Å². The lowest BCUT2D eigenvalue weighted by molar-refractivity contribution is -0.198. The first-order valence-electron chi connectivity index (χ1n) is 10.8. The standard InChI is InChI=1S/C23H29N5O3/c29-22(27-31-23-8-4-5-13-30-23)10-9-19-14-25-21(15-24-19)26-20-11-12-28(17-20)16-18-6-2-1-3-7-18/h1-3,6-7,9-10,14-15,20,23H,4-5,8,11-13,16-17H2,(H,25,26)(H,27,29)/b10-9+/t20-,23?/m1/s1. The second kappa shape index (κ2) is 11.0. The number of likely N-dealkylation sites (tertiary alicyclic amines) is 1. The molecule has 2 aliphatic heterocycles. The van der Waals surface area contributed by atoms with Crippen molar-refractivity contribution in [3.05, 3.63) is 60.1 Å². The summed E-state index contributed by atoms with van der Waals surface area (Å²) in [7, 11) is 0. The summed E-state index contributed by atoms with van der Waals surface area (Å²) in [5.74, 6) is 0.383. The minimum absolute atomic E-state index is 0.351. The summed E-state index contributed by atoms with van der Waals surface area (Å²) in [4.78, 5) is 28.3. The minimum Gasteiger partial charge on any atom is -0.365 e. The van der Waals surface area contributed by atoms with Gasteiger partial charge in [-0.1, -0.05) is 30.3 Å². The number of carbonyl (C=O) groups is 1. The molecule has 1 unspecified atom stereocenters. The summed E-state index contributed by atoms with van der Waals surface area (Å²) >= 11 is 0. The Hall–Kier alpha value is -2.81. The number of hydrogen-bond donors (Lipinski definition) is 2. The van der Waals surface area contributed by atoms with Gasteiger partial charge in [0.2, 0.25) is 0 Å². The first-order chi connectivity index (χ1) is 15.2. The maximum Gasteiger partial charge on any atom is 0.267 e. The fraction of sp³-hybridized carbons (Fsp3) is 0.435. The molecule has 2 atom stereocenters. The summed E-state index contributed by atoms with van der Waals surface area (Å²) in [6, 6.07) is 10.9. The van der Waals surface area contributed by atoms with Gasteiger partial charge in [-0.05, 0) is 30.9 Å². The lowest BCUT2D eigenvalue weighted by atomic mass is 10.2. The fourth-order valence-electron chi connectivity index (χ4n) is 3.77. The van der Waals surface area contributed by atoms with E-state index in [9.17, 15) is 4.79 Å². The quantitative estimate of drug-likeness (QED) is 0.499. The van der Waals surface area contributed by atoms with Gasteiger partial charge in [0.15, 0.2) is 6.29 Å². The van der Waals surface area contributed by atoms with Crippen LogP contribution in [0.5, 0.6) is 0 Å². The van der Waals surface area contributed by atoms with Crippen molar-refractivity contribution in [2.45, 2.75) is 44.6 Å². The lowest BCUT2D eigenvalue weighted by Crippen LogP contribution is -2.32. The molecule has 2 aromatic rings.